The van der Waals surface area contributed by atoms with Gasteiger partial charge < -0.3 is 20.5 Å². The highest BCUT2D eigenvalue weighted by Gasteiger charge is 2.49. The molecule has 6 rings (SSSR count). The number of rotatable bonds is 8. The van der Waals surface area contributed by atoms with E-state index < -0.39 is 18.1 Å². The van der Waals surface area contributed by atoms with E-state index >= 15 is 0 Å². The molecule has 2 aliphatic rings. The smallest absolute Gasteiger partial charge is 0.255 e. The van der Waals surface area contributed by atoms with E-state index in [0.717, 1.165) is 33.3 Å². The second-order valence-electron chi connectivity index (χ2n) is 11.0. The molecule has 0 aliphatic carbocycles. The third kappa shape index (κ3) is 4.77. The molecular formula is C33H33FN4O3. The Kier molecular flexibility index (Phi) is 7.07. The van der Waals surface area contributed by atoms with Crippen LogP contribution in [0.25, 0.3) is 10.9 Å². The molecule has 4 aromatic rings. The minimum absolute atomic E-state index is 0.136. The molecule has 210 valence electrons. The number of hydrogen-bond donors (Lipinski definition) is 3. The zero-order valence-corrected chi connectivity index (χ0v) is 23.1. The monoisotopic (exact) mass is 552 g/mol. The fourth-order valence-electron chi connectivity index (χ4n) is 6.22. The van der Waals surface area contributed by atoms with Gasteiger partial charge in [0.2, 0.25) is 11.8 Å². The van der Waals surface area contributed by atoms with E-state index in [0.29, 0.717) is 31.4 Å². The molecular weight excluding hydrogens is 519 g/mol. The molecule has 0 fully saturated rings. The third-order valence-electron chi connectivity index (χ3n) is 8.55. The number of H-pyrrole nitrogens is 1. The summed E-state index contributed by atoms with van der Waals surface area (Å²) >= 11 is 0. The van der Waals surface area contributed by atoms with E-state index in [1.54, 1.807) is 17.0 Å². The van der Waals surface area contributed by atoms with Crippen LogP contribution < -0.4 is 10.6 Å². The molecule has 0 radical (unpaired) electrons. The number of fused-ring (bicyclic) bond motifs is 7. The summed E-state index contributed by atoms with van der Waals surface area (Å²) in [5, 5.41) is 6.96. The van der Waals surface area contributed by atoms with Gasteiger partial charge in [0.05, 0.1) is 6.04 Å². The van der Waals surface area contributed by atoms with Crippen molar-refractivity contribution in [1.82, 2.24) is 20.5 Å². The number of nitrogens with zero attached hydrogens (tertiary/aromatic N) is 1. The van der Waals surface area contributed by atoms with Crippen LogP contribution in [-0.2, 0) is 22.4 Å². The van der Waals surface area contributed by atoms with Gasteiger partial charge in [-0.2, -0.15) is 0 Å². The van der Waals surface area contributed by atoms with Gasteiger partial charge in [-0.05, 0) is 53.3 Å². The Hall–Kier alpha value is -4.46. The summed E-state index contributed by atoms with van der Waals surface area (Å²) in [5.41, 5.74) is 5.16. The molecule has 0 saturated heterocycles. The molecule has 3 amide bonds. The zero-order chi connectivity index (χ0) is 28.7. The Bertz CT molecular complexity index is 1650. The molecule has 0 bridgehead atoms. The summed E-state index contributed by atoms with van der Waals surface area (Å²) in [6, 6.07) is 19.8. The highest BCUT2D eigenvalue weighted by atomic mass is 19.1. The molecule has 3 N–H and O–H groups in total. The Morgan fingerprint density at radius 3 is 2.66 bits per heavy atom. The van der Waals surface area contributed by atoms with Crippen LogP contribution in [0.5, 0.6) is 0 Å². The minimum atomic E-state index is -0.779. The molecule has 1 aromatic heterocycles. The second kappa shape index (κ2) is 10.8. The van der Waals surface area contributed by atoms with Crippen molar-refractivity contribution in [3.63, 3.8) is 0 Å². The highest BCUT2D eigenvalue weighted by Crippen LogP contribution is 2.46. The van der Waals surface area contributed by atoms with Gasteiger partial charge in [0, 0.05) is 35.1 Å². The molecule has 2 aliphatic heterocycles. The maximum atomic E-state index is 14.0. The number of aromatic amines is 1. The van der Waals surface area contributed by atoms with Gasteiger partial charge in [0.25, 0.3) is 5.91 Å². The normalized spacial score (nSPS) is 18.8. The first kappa shape index (κ1) is 26.7. The van der Waals surface area contributed by atoms with E-state index in [1.165, 1.54) is 12.1 Å². The van der Waals surface area contributed by atoms with Gasteiger partial charge in [-0.15, -0.1) is 0 Å². The molecule has 0 saturated carbocycles. The van der Waals surface area contributed by atoms with Crippen LogP contribution in [0.15, 0.2) is 72.8 Å². The van der Waals surface area contributed by atoms with Crippen molar-refractivity contribution < 1.29 is 18.8 Å². The predicted octanol–water partition coefficient (Wildman–Crippen LogP) is 4.67. The quantitative estimate of drug-likeness (QED) is 0.297. The number of halogens is 1. The van der Waals surface area contributed by atoms with E-state index in [-0.39, 0.29) is 29.5 Å². The van der Waals surface area contributed by atoms with Gasteiger partial charge in [-0.1, -0.05) is 68.8 Å². The van der Waals surface area contributed by atoms with Crippen LogP contribution >= 0.6 is 0 Å². The highest BCUT2D eigenvalue weighted by molar-refractivity contribution is 6.04. The van der Waals surface area contributed by atoms with Gasteiger partial charge in [-0.3, -0.25) is 14.4 Å². The van der Waals surface area contributed by atoms with Crippen LogP contribution in [0.3, 0.4) is 0 Å². The Balaban J connectivity index is 1.27. The number of para-hydroxylation sites is 1. The Morgan fingerprint density at radius 2 is 1.85 bits per heavy atom. The summed E-state index contributed by atoms with van der Waals surface area (Å²) in [5.74, 6) is -1.28. The molecule has 41 heavy (non-hydrogen) atoms. The second-order valence-corrected chi connectivity index (χ2v) is 11.0. The van der Waals surface area contributed by atoms with Crippen molar-refractivity contribution in [3.05, 3.63) is 107 Å². The summed E-state index contributed by atoms with van der Waals surface area (Å²) in [6.45, 7) is 4.21. The number of amides is 3. The first-order chi connectivity index (χ1) is 19.9. The lowest BCUT2D eigenvalue weighted by Gasteiger charge is -2.38. The van der Waals surface area contributed by atoms with E-state index in [1.807, 2.05) is 62.4 Å². The van der Waals surface area contributed by atoms with Crippen molar-refractivity contribution in [3.8, 4) is 0 Å². The molecule has 2 unspecified atom stereocenters. The van der Waals surface area contributed by atoms with Gasteiger partial charge in [0.15, 0.2) is 0 Å². The van der Waals surface area contributed by atoms with Crippen molar-refractivity contribution in [2.45, 2.75) is 51.2 Å². The van der Waals surface area contributed by atoms with Crippen LogP contribution in [0.2, 0.25) is 0 Å². The van der Waals surface area contributed by atoms with E-state index in [9.17, 15) is 18.8 Å². The first-order valence-corrected chi connectivity index (χ1v) is 14.2. The predicted molar refractivity (Wildman–Crippen MR) is 155 cm³/mol. The summed E-state index contributed by atoms with van der Waals surface area (Å²) < 4.78 is 13.6. The van der Waals surface area contributed by atoms with Crippen molar-refractivity contribution in [2.75, 3.05) is 6.54 Å². The van der Waals surface area contributed by atoms with E-state index in [4.69, 9.17) is 0 Å². The summed E-state index contributed by atoms with van der Waals surface area (Å²) in [7, 11) is 0. The van der Waals surface area contributed by atoms with Gasteiger partial charge in [-0.25, -0.2) is 4.39 Å². The molecule has 3 aromatic carbocycles. The summed E-state index contributed by atoms with van der Waals surface area (Å²) in [6.07, 6.45) is 1.49. The standard InChI is InChI=1S/C33H33FN4O3/c1-3-19(2)28(32(40)35-16-15-20-9-8-10-21(34)17-20)37-31(39)27-18-25-22-11-6-7-14-26(22)36-29(25)30-23-12-4-5-13-24(23)33(41)38(27)30/h4-14,17,19,27-28,30,36H,3,15-16,18H2,1-2H3,(H,35,40)(H,37,39)/t19?,27-,28-,30?/m0/s1. The fraction of sp³-hybridized carbons (Fsp3) is 0.303. The van der Waals surface area contributed by atoms with Crippen molar-refractivity contribution in [1.29, 1.82) is 0 Å². The number of carbonyl (C=O) groups is 3. The van der Waals surface area contributed by atoms with Crippen LogP contribution in [-0.4, -0.2) is 46.2 Å². The maximum Gasteiger partial charge on any atom is 0.255 e. The average molecular weight is 553 g/mol. The van der Waals surface area contributed by atoms with E-state index in [2.05, 4.69) is 15.6 Å². The zero-order valence-electron chi connectivity index (χ0n) is 23.1. The molecule has 7 nitrogen and oxygen atoms in total. The maximum absolute atomic E-state index is 14.0. The van der Waals surface area contributed by atoms with Gasteiger partial charge >= 0.3 is 0 Å². The number of carbonyl (C=O) groups excluding carboxylic acids is 3. The van der Waals surface area contributed by atoms with Crippen LogP contribution in [0, 0.1) is 11.7 Å². The summed E-state index contributed by atoms with van der Waals surface area (Å²) in [4.78, 5) is 46.3. The van der Waals surface area contributed by atoms with Crippen LogP contribution in [0.1, 0.15) is 59.1 Å². The molecule has 0 spiro atoms. The first-order valence-electron chi connectivity index (χ1n) is 14.2. The fourth-order valence-corrected chi connectivity index (χ4v) is 6.22. The lowest BCUT2D eigenvalue weighted by atomic mass is 9.89. The molecule has 8 heteroatoms. The third-order valence-corrected chi connectivity index (χ3v) is 8.55. The number of benzene rings is 3. The largest absolute Gasteiger partial charge is 0.356 e. The van der Waals surface area contributed by atoms with Crippen molar-refractivity contribution >= 4 is 28.6 Å². The minimum Gasteiger partial charge on any atom is -0.356 e. The molecule has 3 heterocycles. The number of hydrogen-bond acceptors (Lipinski definition) is 3. The SMILES string of the molecule is CCC(C)[C@H](NC(=O)[C@@H]1Cc2c([nH]c3ccccc23)C2c3ccccc3C(=O)N21)C(=O)NCCc1cccc(F)c1. The lowest BCUT2D eigenvalue weighted by molar-refractivity contribution is -0.133. The van der Waals surface area contributed by atoms with Crippen molar-refractivity contribution in [2.24, 2.45) is 5.92 Å². The topological polar surface area (TPSA) is 94.3 Å². The molecule has 4 atom stereocenters. The number of aromatic nitrogens is 1. The number of nitrogens with one attached hydrogen (secondary N) is 3. The lowest BCUT2D eigenvalue weighted by Crippen LogP contribution is -2.58. The average Bonchev–Trinajstić information content (AvgIpc) is 3.50. The van der Waals surface area contributed by atoms with Crippen LogP contribution in [0.4, 0.5) is 4.39 Å². The Morgan fingerprint density at radius 1 is 1.07 bits per heavy atom. The van der Waals surface area contributed by atoms with Gasteiger partial charge in [0.1, 0.15) is 17.9 Å². The Labute approximate surface area is 238 Å².